The second-order valence-corrected chi connectivity index (χ2v) is 3.50. The van der Waals surface area contributed by atoms with Crippen LogP contribution in [0.2, 0.25) is 0 Å². The molecule has 2 nitrogen and oxygen atoms in total. The van der Waals surface area contributed by atoms with Gasteiger partial charge < -0.3 is 10.2 Å². The van der Waals surface area contributed by atoms with Crippen LogP contribution >= 0.6 is 15.9 Å². The van der Waals surface area contributed by atoms with Gasteiger partial charge in [0.2, 0.25) is 0 Å². The second kappa shape index (κ2) is 4.60. The van der Waals surface area contributed by atoms with Gasteiger partial charge in [0.15, 0.2) is 0 Å². The van der Waals surface area contributed by atoms with E-state index in [0.29, 0.717) is 6.42 Å². The molecular weight excluding hydrogens is 220 g/mol. The zero-order valence-corrected chi connectivity index (χ0v) is 8.16. The molecule has 0 fully saturated rings. The first kappa shape index (κ1) is 9.71. The fraction of sp³-hybridized carbons (Fsp3) is 0.333. The van der Waals surface area contributed by atoms with Crippen LogP contribution in [0, 0.1) is 0 Å². The van der Waals surface area contributed by atoms with Crippen molar-refractivity contribution >= 4 is 15.9 Å². The number of rotatable bonds is 3. The molecule has 0 aliphatic rings. The van der Waals surface area contributed by atoms with Crippen molar-refractivity contribution in [2.75, 3.05) is 6.61 Å². The maximum atomic E-state index is 9.46. The molecule has 12 heavy (non-hydrogen) atoms. The summed E-state index contributed by atoms with van der Waals surface area (Å²) in [5.74, 6) is 0. The fourth-order valence-corrected chi connectivity index (χ4v) is 1.42. The molecule has 0 saturated carbocycles. The van der Waals surface area contributed by atoms with Gasteiger partial charge in [-0.15, -0.1) is 0 Å². The van der Waals surface area contributed by atoms with Crippen molar-refractivity contribution in [1.29, 1.82) is 0 Å². The highest BCUT2D eigenvalue weighted by Gasteiger charge is 2.05. The minimum Gasteiger partial charge on any atom is -0.396 e. The van der Waals surface area contributed by atoms with Crippen LogP contribution in [0.15, 0.2) is 28.7 Å². The molecule has 0 saturated heterocycles. The van der Waals surface area contributed by atoms with E-state index in [1.807, 2.05) is 24.3 Å². The molecule has 0 bridgehead atoms. The Labute approximate surface area is 80.0 Å². The van der Waals surface area contributed by atoms with Crippen LogP contribution in [0.1, 0.15) is 18.1 Å². The quantitative estimate of drug-likeness (QED) is 0.833. The molecule has 1 aromatic rings. The third-order valence-corrected chi connectivity index (χ3v) is 2.13. The van der Waals surface area contributed by atoms with E-state index in [9.17, 15) is 5.11 Å². The summed E-state index contributed by atoms with van der Waals surface area (Å²) in [5.41, 5.74) is 0.832. The summed E-state index contributed by atoms with van der Waals surface area (Å²) in [6.45, 7) is 0.00762. The standard InChI is InChI=1S/C9H11BrO2/c10-8-3-1-2-7(6-8)9(12)4-5-11/h1-3,6,9,11-12H,4-5H2. The largest absolute Gasteiger partial charge is 0.396 e. The molecule has 0 heterocycles. The zero-order chi connectivity index (χ0) is 8.97. The van der Waals surface area contributed by atoms with Crippen LogP contribution < -0.4 is 0 Å². The number of hydrogen-bond acceptors (Lipinski definition) is 2. The second-order valence-electron chi connectivity index (χ2n) is 2.58. The first-order valence-corrected chi connectivity index (χ1v) is 4.57. The van der Waals surface area contributed by atoms with E-state index in [2.05, 4.69) is 15.9 Å². The number of halogens is 1. The van der Waals surface area contributed by atoms with E-state index in [1.165, 1.54) is 0 Å². The first-order chi connectivity index (χ1) is 5.74. The zero-order valence-electron chi connectivity index (χ0n) is 6.57. The maximum absolute atomic E-state index is 9.46. The van der Waals surface area contributed by atoms with Crippen molar-refractivity contribution in [2.45, 2.75) is 12.5 Å². The van der Waals surface area contributed by atoms with Crippen LogP contribution in [0.3, 0.4) is 0 Å². The fourth-order valence-electron chi connectivity index (χ4n) is 1.00. The Balaban J connectivity index is 2.73. The molecule has 3 heteroatoms. The van der Waals surface area contributed by atoms with E-state index in [0.717, 1.165) is 10.0 Å². The van der Waals surface area contributed by atoms with E-state index >= 15 is 0 Å². The lowest BCUT2D eigenvalue weighted by atomic mass is 10.1. The summed E-state index contributed by atoms with van der Waals surface area (Å²) in [6.07, 6.45) is -0.177. The van der Waals surface area contributed by atoms with Gasteiger partial charge >= 0.3 is 0 Å². The van der Waals surface area contributed by atoms with Crippen LogP contribution in [-0.4, -0.2) is 16.8 Å². The lowest BCUT2D eigenvalue weighted by Gasteiger charge is -2.08. The van der Waals surface area contributed by atoms with Gasteiger partial charge in [0, 0.05) is 17.5 Å². The Kier molecular flexibility index (Phi) is 3.72. The average Bonchev–Trinajstić information content (AvgIpc) is 2.05. The number of aliphatic hydroxyl groups excluding tert-OH is 2. The van der Waals surface area contributed by atoms with Crippen molar-refractivity contribution in [1.82, 2.24) is 0 Å². The lowest BCUT2D eigenvalue weighted by Crippen LogP contribution is -1.99. The van der Waals surface area contributed by atoms with Crippen molar-refractivity contribution in [3.8, 4) is 0 Å². The number of aliphatic hydroxyl groups is 2. The molecule has 0 aromatic heterocycles. The molecule has 0 radical (unpaired) electrons. The molecular formula is C9H11BrO2. The Morgan fingerprint density at radius 2 is 2.17 bits per heavy atom. The van der Waals surface area contributed by atoms with Gasteiger partial charge in [0.1, 0.15) is 0 Å². The van der Waals surface area contributed by atoms with Gasteiger partial charge in [-0.3, -0.25) is 0 Å². The number of benzene rings is 1. The predicted molar refractivity (Wildman–Crippen MR) is 50.8 cm³/mol. The minimum absolute atomic E-state index is 0.00762. The predicted octanol–water partition coefficient (Wildman–Crippen LogP) is 1.86. The molecule has 66 valence electrons. The monoisotopic (exact) mass is 230 g/mol. The topological polar surface area (TPSA) is 40.5 Å². The smallest absolute Gasteiger partial charge is 0.0812 e. The lowest BCUT2D eigenvalue weighted by molar-refractivity contribution is 0.134. The summed E-state index contributed by atoms with van der Waals surface area (Å²) in [7, 11) is 0. The van der Waals surface area contributed by atoms with Gasteiger partial charge in [-0.2, -0.15) is 0 Å². The Morgan fingerprint density at radius 1 is 1.42 bits per heavy atom. The number of hydrogen-bond donors (Lipinski definition) is 2. The average molecular weight is 231 g/mol. The van der Waals surface area contributed by atoms with Gasteiger partial charge in [0.05, 0.1) is 6.10 Å². The minimum atomic E-state index is -0.563. The normalized spacial score (nSPS) is 12.9. The highest BCUT2D eigenvalue weighted by Crippen LogP contribution is 2.19. The van der Waals surface area contributed by atoms with Crippen LogP contribution in [0.25, 0.3) is 0 Å². The highest BCUT2D eigenvalue weighted by atomic mass is 79.9. The summed E-state index contributed by atoms with van der Waals surface area (Å²) in [6, 6.07) is 7.45. The van der Waals surface area contributed by atoms with Crippen LogP contribution in [0.5, 0.6) is 0 Å². The molecule has 0 amide bonds. The van der Waals surface area contributed by atoms with Crippen molar-refractivity contribution < 1.29 is 10.2 Å². The molecule has 1 unspecified atom stereocenters. The maximum Gasteiger partial charge on any atom is 0.0812 e. The van der Waals surface area contributed by atoms with Crippen molar-refractivity contribution in [2.24, 2.45) is 0 Å². The molecule has 1 aromatic carbocycles. The third-order valence-electron chi connectivity index (χ3n) is 1.64. The molecule has 2 N–H and O–H groups in total. The van der Waals surface area contributed by atoms with Crippen molar-refractivity contribution in [3.63, 3.8) is 0 Å². The van der Waals surface area contributed by atoms with Crippen LogP contribution in [-0.2, 0) is 0 Å². The van der Waals surface area contributed by atoms with E-state index in [1.54, 1.807) is 0 Å². The Hall–Kier alpha value is -0.380. The summed E-state index contributed by atoms with van der Waals surface area (Å²) in [4.78, 5) is 0. The molecule has 0 aliphatic carbocycles. The summed E-state index contributed by atoms with van der Waals surface area (Å²) in [5, 5.41) is 18.1. The van der Waals surface area contributed by atoms with E-state index in [-0.39, 0.29) is 6.61 Å². The van der Waals surface area contributed by atoms with E-state index < -0.39 is 6.10 Å². The first-order valence-electron chi connectivity index (χ1n) is 3.78. The highest BCUT2D eigenvalue weighted by molar-refractivity contribution is 9.10. The molecule has 1 atom stereocenters. The molecule has 0 spiro atoms. The van der Waals surface area contributed by atoms with Gasteiger partial charge in [-0.25, -0.2) is 0 Å². The SMILES string of the molecule is OCCC(O)c1cccc(Br)c1. The third kappa shape index (κ3) is 2.59. The van der Waals surface area contributed by atoms with Crippen molar-refractivity contribution in [3.05, 3.63) is 34.3 Å². The Morgan fingerprint density at radius 3 is 2.75 bits per heavy atom. The van der Waals surface area contributed by atoms with Gasteiger partial charge in [-0.05, 0) is 17.7 Å². The van der Waals surface area contributed by atoms with Gasteiger partial charge in [0.25, 0.3) is 0 Å². The van der Waals surface area contributed by atoms with E-state index in [4.69, 9.17) is 5.11 Å². The Bertz CT molecular complexity index is 250. The van der Waals surface area contributed by atoms with Gasteiger partial charge in [-0.1, -0.05) is 28.1 Å². The summed E-state index contributed by atoms with van der Waals surface area (Å²) >= 11 is 3.31. The molecule has 1 rings (SSSR count). The molecule has 0 aliphatic heterocycles. The van der Waals surface area contributed by atoms with Crippen LogP contribution in [0.4, 0.5) is 0 Å². The summed E-state index contributed by atoms with van der Waals surface area (Å²) < 4.78 is 0.942.